The van der Waals surface area contributed by atoms with Gasteiger partial charge in [-0.15, -0.1) is 0 Å². The van der Waals surface area contributed by atoms with Crippen LogP contribution in [0.1, 0.15) is 42.9 Å². The van der Waals surface area contributed by atoms with Crippen LogP contribution in [0.25, 0.3) is 5.57 Å². The summed E-state index contributed by atoms with van der Waals surface area (Å²) >= 11 is 0. The molecule has 2 aromatic carbocycles. The van der Waals surface area contributed by atoms with E-state index in [1.165, 1.54) is 41.6 Å². The van der Waals surface area contributed by atoms with Crippen LogP contribution in [-0.2, 0) is 6.54 Å². The zero-order valence-corrected chi connectivity index (χ0v) is 14.3. The summed E-state index contributed by atoms with van der Waals surface area (Å²) < 4.78 is 0. The summed E-state index contributed by atoms with van der Waals surface area (Å²) in [5.74, 6) is 0. The van der Waals surface area contributed by atoms with Crippen molar-refractivity contribution in [3.63, 3.8) is 0 Å². The van der Waals surface area contributed by atoms with Gasteiger partial charge in [-0.25, -0.2) is 0 Å². The molecule has 1 heteroatoms. The van der Waals surface area contributed by atoms with Crippen molar-refractivity contribution < 1.29 is 0 Å². The topological polar surface area (TPSA) is 3.24 Å². The van der Waals surface area contributed by atoms with Gasteiger partial charge in [0.2, 0.25) is 0 Å². The molecule has 1 saturated heterocycles. The Hall–Kier alpha value is -1.86. The Balaban J connectivity index is 1.76. The van der Waals surface area contributed by atoms with Gasteiger partial charge in [0.1, 0.15) is 0 Å². The van der Waals surface area contributed by atoms with E-state index in [4.69, 9.17) is 0 Å². The lowest BCUT2D eigenvalue weighted by molar-refractivity contribution is 0.282. The molecule has 0 bridgehead atoms. The summed E-state index contributed by atoms with van der Waals surface area (Å²) in [5, 5.41) is 0. The molecule has 2 aromatic rings. The van der Waals surface area contributed by atoms with Gasteiger partial charge < -0.3 is 0 Å². The third-order valence-electron chi connectivity index (χ3n) is 4.84. The molecule has 0 N–H and O–H groups in total. The lowest BCUT2D eigenvalue weighted by atomic mass is 9.99. The second kappa shape index (κ2) is 7.61. The van der Waals surface area contributed by atoms with Crippen LogP contribution in [0.3, 0.4) is 0 Å². The molecule has 0 aromatic heterocycles. The summed E-state index contributed by atoms with van der Waals surface area (Å²) in [6.07, 6.45) is 6.19. The number of likely N-dealkylation sites (tertiary alicyclic amines) is 1. The second-order valence-corrected chi connectivity index (χ2v) is 6.58. The molecular weight excluding hydrogens is 278 g/mol. The minimum Gasteiger partial charge on any atom is -0.293 e. The smallest absolute Gasteiger partial charge is 0.0288 e. The van der Waals surface area contributed by atoms with Crippen molar-refractivity contribution >= 4 is 5.57 Å². The Bertz CT molecular complexity index is 639. The van der Waals surface area contributed by atoms with Gasteiger partial charge in [-0.05, 0) is 49.4 Å². The van der Waals surface area contributed by atoms with E-state index in [1.807, 2.05) is 0 Å². The first kappa shape index (κ1) is 16.0. The van der Waals surface area contributed by atoms with Crippen molar-refractivity contribution in [1.82, 2.24) is 4.90 Å². The molecule has 1 unspecified atom stereocenters. The van der Waals surface area contributed by atoms with Crippen LogP contribution in [0.5, 0.6) is 0 Å². The predicted octanol–water partition coefficient (Wildman–Crippen LogP) is 5.45. The van der Waals surface area contributed by atoms with Gasteiger partial charge in [0.15, 0.2) is 0 Å². The molecular formula is C22H27N. The Kier molecular flexibility index (Phi) is 5.30. The SMILES string of the molecule is CC/C(=C\C1CCCN1Cc1ccccc1)c1ccc(C)cc1. The molecule has 1 atom stereocenters. The molecule has 0 amide bonds. The number of nitrogens with zero attached hydrogens (tertiary/aromatic N) is 1. The highest BCUT2D eigenvalue weighted by molar-refractivity contribution is 5.66. The van der Waals surface area contributed by atoms with Crippen LogP contribution in [0.4, 0.5) is 0 Å². The average Bonchev–Trinajstić information content (AvgIpc) is 3.01. The normalized spacial score (nSPS) is 19.2. The first-order chi connectivity index (χ1) is 11.3. The van der Waals surface area contributed by atoms with Gasteiger partial charge in [-0.3, -0.25) is 4.90 Å². The van der Waals surface area contributed by atoms with Gasteiger partial charge in [-0.1, -0.05) is 73.2 Å². The van der Waals surface area contributed by atoms with E-state index in [-0.39, 0.29) is 0 Å². The Morgan fingerprint density at radius 2 is 1.83 bits per heavy atom. The highest BCUT2D eigenvalue weighted by Crippen LogP contribution is 2.26. The number of rotatable bonds is 5. The van der Waals surface area contributed by atoms with E-state index in [0.29, 0.717) is 6.04 Å². The number of allylic oxidation sites excluding steroid dienone is 1. The van der Waals surface area contributed by atoms with Gasteiger partial charge in [0.25, 0.3) is 0 Å². The van der Waals surface area contributed by atoms with Crippen molar-refractivity contribution in [2.45, 2.75) is 45.7 Å². The minimum atomic E-state index is 0.575. The standard InChI is InChI=1S/C22H27N/c1-3-20(21-13-11-18(2)12-14-21)16-22-10-7-15-23(22)17-19-8-5-4-6-9-19/h4-6,8-9,11-14,16,22H,3,7,10,15,17H2,1-2H3/b20-16+. The zero-order valence-electron chi connectivity index (χ0n) is 14.3. The summed E-state index contributed by atoms with van der Waals surface area (Å²) in [5.41, 5.74) is 5.61. The fourth-order valence-electron chi connectivity index (χ4n) is 3.47. The van der Waals surface area contributed by atoms with Crippen molar-refractivity contribution in [3.8, 4) is 0 Å². The number of hydrogen-bond acceptors (Lipinski definition) is 1. The maximum Gasteiger partial charge on any atom is 0.0288 e. The number of hydrogen-bond donors (Lipinski definition) is 0. The zero-order chi connectivity index (χ0) is 16.1. The van der Waals surface area contributed by atoms with E-state index < -0.39 is 0 Å². The molecule has 1 heterocycles. The van der Waals surface area contributed by atoms with Crippen LogP contribution in [0.2, 0.25) is 0 Å². The summed E-state index contributed by atoms with van der Waals surface area (Å²) in [7, 11) is 0. The van der Waals surface area contributed by atoms with Crippen molar-refractivity contribution in [1.29, 1.82) is 0 Å². The van der Waals surface area contributed by atoms with E-state index in [2.05, 4.69) is 79.4 Å². The third kappa shape index (κ3) is 4.11. The monoisotopic (exact) mass is 305 g/mol. The van der Waals surface area contributed by atoms with Crippen LogP contribution in [0, 0.1) is 6.92 Å². The first-order valence-corrected chi connectivity index (χ1v) is 8.82. The maximum absolute atomic E-state index is 2.62. The maximum atomic E-state index is 2.62. The first-order valence-electron chi connectivity index (χ1n) is 8.82. The van der Waals surface area contributed by atoms with E-state index in [9.17, 15) is 0 Å². The van der Waals surface area contributed by atoms with Crippen molar-refractivity contribution in [2.24, 2.45) is 0 Å². The average molecular weight is 305 g/mol. The van der Waals surface area contributed by atoms with E-state index in [1.54, 1.807) is 0 Å². The molecule has 0 radical (unpaired) electrons. The van der Waals surface area contributed by atoms with E-state index in [0.717, 1.165) is 13.0 Å². The molecule has 1 aliphatic rings. The fraction of sp³-hybridized carbons (Fsp3) is 0.364. The molecule has 23 heavy (non-hydrogen) atoms. The molecule has 3 rings (SSSR count). The van der Waals surface area contributed by atoms with E-state index >= 15 is 0 Å². The van der Waals surface area contributed by atoms with Crippen LogP contribution < -0.4 is 0 Å². The summed E-state index contributed by atoms with van der Waals surface area (Å²) in [4.78, 5) is 2.62. The predicted molar refractivity (Wildman–Crippen MR) is 99.3 cm³/mol. The summed E-state index contributed by atoms with van der Waals surface area (Å²) in [6, 6.07) is 20.4. The molecule has 1 nitrogen and oxygen atoms in total. The van der Waals surface area contributed by atoms with Gasteiger partial charge in [0, 0.05) is 12.6 Å². The highest BCUT2D eigenvalue weighted by Gasteiger charge is 2.23. The van der Waals surface area contributed by atoms with Crippen molar-refractivity contribution in [2.75, 3.05) is 6.54 Å². The quantitative estimate of drug-likeness (QED) is 0.709. The molecule has 0 aliphatic carbocycles. The largest absolute Gasteiger partial charge is 0.293 e. The fourth-order valence-corrected chi connectivity index (χ4v) is 3.47. The second-order valence-electron chi connectivity index (χ2n) is 6.58. The lowest BCUT2D eigenvalue weighted by Gasteiger charge is -2.23. The molecule has 120 valence electrons. The molecule has 0 spiro atoms. The van der Waals surface area contributed by atoms with Gasteiger partial charge in [-0.2, -0.15) is 0 Å². The Morgan fingerprint density at radius 1 is 1.09 bits per heavy atom. The lowest BCUT2D eigenvalue weighted by Crippen LogP contribution is -2.27. The van der Waals surface area contributed by atoms with Crippen LogP contribution >= 0.6 is 0 Å². The Labute approximate surface area is 140 Å². The minimum absolute atomic E-state index is 0.575. The van der Waals surface area contributed by atoms with Gasteiger partial charge >= 0.3 is 0 Å². The molecule has 1 fully saturated rings. The van der Waals surface area contributed by atoms with Gasteiger partial charge in [0.05, 0.1) is 0 Å². The van der Waals surface area contributed by atoms with Crippen molar-refractivity contribution in [3.05, 3.63) is 77.4 Å². The number of aryl methyl sites for hydroxylation is 1. The molecule has 1 aliphatic heterocycles. The third-order valence-corrected chi connectivity index (χ3v) is 4.84. The number of benzene rings is 2. The van der Waals surface area contributed by atoms with Crippen LogP contribution in [0.15, 0.2) is 60.7 Å². The highest BCUT2D eigenvalue weighted by atomic mass is 15.2. The Morgan fingerprint density at radius 3 is 2.52 bits per heavy atom. The molecule has 0 saturated carbocycles. The van der Waals surface area contributed by atoms with Crippen LogP contribution in [-0.4, -0.2) is 17.5 Å². The summed E-state index contributed by atoms with van der Waals surface area (Å²) in [6.45, 7) is 6.69.